The van der Waals surface area contributed by atoms with Crippen LogP contribution in [0.4, 0.5) is 0 Å². The summed E-state index contributed by atoms with van der Waals surface area (Å²) in [6.45, 7) is 4.61. The van der Waals surface area contributed by atoms with Crippen molar-refractivity contribution in [2.75, 3.05) is 13.2 Å². The van der Waals surface area contributed by atoms with E-state index in [4.69, 9.17) is 9.26 Å². The first kappa shape index (κ1) is 10.6. The van der Waals surface area contributed by atoms with E-state index in [1.807, 2.05) is 13.0 Å². The third-order valence-corrected chi connectivity index (χ3v) is 2.65. The maximum absolute atomic E-state index is 5.54. The fourth-order valence-electron chi connectivity index (χ4n) is 1.85. The molecular weight excluding hydrogens is 192 g/mol. The third kappa shape index (κ3) is 3.32. The van der Waals surface area contributed by atoms with Gasteiger partial charge in [0.05, 0.1) is 11.8 Å². The lowest BCUT2D eigenvalue weighted by atomic mass is 10.2. The Morgan fingerprint density at radius 3 is 3.20 bits per heavy atom. The van der Waals surface area contributed by atoms with Gasteiger partial charge in [0.15, 0.2) is 0 Å². The Balaban J connectivity index is 1.58. The summed E-state index contributed by atoms with van der Waals surface area (Å²) in [7, 11) is 0. The van der Waals surface area contributed by atoms with Gasteiger partial charge in [-0.05, 0) is 32.7 Å². The topological polar surface area (TPSA) is 47.3 Å². The van der Waals surface area contributed by atoms with E-state index >= 15 is 0 Å². The molecule has 1 saturated heterocycles. The van der Waals surface area contributed by atoms with Crippen LogP contribution < -0.4 is 5.32 Å². The number of aromatic nitrogens is 1. The van der Waals surface area contributed by atoms with E-state index in [0.717, 1.165) is 37.6 Å². The molecule has 1 fully saturated rings. The van der Waals surface area contributed by atoms with Crippen molar-refractivity contribution >= 4 is 0 Å². The first-order valence-electron chi connectivity index (χ1n) is 5.59. The number of ether oxygens (including phenoxy) is 1. The monoisotopic (exact) mass is 210 g/mol. The van der Waals surface area contributed by atoms with Gasteiger partial charge in [-0.2, -0.15) is 0 Å². The number of nitrogens with zero attached hydrogens (tertiary/aromatic N) is 1. The quantitative estimate of drug-likeness (QED) is 0.750. The summed E-state index contributed by atoms with van der Waals surface area (Å²) in [5.74, 6) is 0.867. The van der Waals surface area contributed by atoms with E-state index in [-0.39, 0.29) is 0 Å². The first-order valence-corrected chi connectivity index (χ1v) is 5.59. The second-order valence-electron chi connectivity index (χ2n) is 4.03. The number of hydrogen-bond donors (Lipinski definition) is 1. The molecule has 15 heavy (non-hydrogen) atoms. The van der Waals surface area contributed by atoms with Crippen molar-refractivity contribution in [1.29, 1.82) is 0 Å². The molecule has 1 atom stereocenters. The number of nitrogens with one attached hydrogen (secondary N) is 1. The summed E-state index contributed by atoms with van der Waals surface area (Å²) < 4.78 is 10.5. The Kier molecular flexibility index (Phi) is 3.75. The van der Waals surface area contributed by atoms with Crippen LogP contribution in [0.25, 0.3) is 0 Å². The van der Waals surface area contributed by atoms with Crippen LogP contribution in [0.3, 0.4) is 0 Å². The molecule has 0 amide bonds. The van der Waals surface area contributed by atoms with Gasteiger partial charge < -0.3 is 14.6 Å². The molecule has 1 aromatic heterocycles. The highest BCUT2D eigenvalue weighted by Gasteiger charge is 2.14. The lowest BCUT2D eigenvalue weighted by Gasteiger charge is -2.08. The molecule has 0 bridgehead atoms. The van der Waals surface area contributed by atoms with Crippen molar-refractivity contribution in [3.63, 3.8) is 0 Å². The van der Waals surface area contributed by atoms with Crippen molar-refractivity contribution in [2.45, 2.75) is 38.8 Å². The summed E-state index contributed by atoms with van der Waals surface area (Å²) in [5, 5.41) is 7.26. The van der Waals surface area contributed by atoms with Gasteiger partial charge in [0, 0.05) is 19.2 Å². The van der Waals surface area contributed by atoms with Gasteiger partial charge in [0.25, 0.3) is 0 Å². The molecule has 1 aromatic rings. The van der Waals surface area contributed by atoms with Gasteiger partial charge in [-0.1, -0.05) is 5.16 Å². The summed E-state index contributed by atoms with van der Waals surface area (Å²) in [6.07, 6.45) is 3.99. The summed E-state index contributed by atoms with van der Waals surface area (Å²) >= 11 is 0. The van der Waals surface area contributed by atoms with Gasteiger partial charge in [-0.15, -0.1) is 0 Å². The second-order valence-corrected chi connectivity index (χ2v) is 4.03. The van der Waals surface area contributed by atoms with Crippen LogP contribution in [0.2, 0.25) is 0 Å². The average molecular weight is 210 g/mol. The Bertz CT molecular complexity index is 293. The molecule has 0 saturated carbocycles. The molecule has 2 rings (SSSR count). The van der Waals surface area contributed by atoms with E-state index in [1.165, 1.54) is 12.8 Å². The Morgan fingerprint density at radius 1 is 1.60 bits per heavy atom. The third-order valence-electron chi connectivity index (χ3n) is 2.65. The van der Waals surface area contributed by atoms with E-state index < -0.39 is 0 Å². The van der Waals surface area contributed by atoms with Crippen LogP contribution in [-0.4, -0.2) is 24.4 Å². The lowest BCUT2D eigenvalue weighted by molar-refractivity contribution is 0.104. The van der Waals surface area contributed by atoms with Crippen molar-refractivity contribution in [2.24, 2.45) is 0 Å². The van der Waals surface area contributed by atoms with E-state index in [9.17, 15) is 0 Å². The highest BCUT2D eigenvalue weighted by atomic mass is 16.5. The zero-order chi connectivity index (χ0) is 10.5. The minimum atomic E-state index is 0.469. The molecule has 2 heterocycles. The number of aryl methyl sites for hydroxylation is 1. The molecular formula is C11H18N2O2. The minimum absolute atomic E-state index is 0.469. The Labute approximate surface area is 90.0 Å². The normalized spacial score (nSPS) is 21.0. The molecule has 1 unspecified atom stereocenters. The largest absolute Gasteiger partial charge is 0.378 e. The maximum atomic E-state index is 5.54. The molecule has 1 aliphatic heterocycles. The van der Waals surface area contributed by atoms with Crippen LogP contribution >= 0.6 is 0 Å². The van der Waals surface area contributed by atoms with Gasteiger partial charge in [-0.25, -0.2) is 0 Å². The maximum Gasteiger partial charge on any atom is 0.133 e. The highest BCUT2D eigenvalue weighted by Crippen LogP contribution is 2.14. The van der Waals surface area contributed by atoms with Crippen molar-refractivity contribution in [1.82, 2.24) is 10.5 Å². The standard InChI is InChI=1S/C11H18N2O2/c1-9-7-10(13-15-9)8-12-5-4-11-3-2-6-14-11/h7,11-12H,2-6,8H2,1H3. The van der Waals surface area contributed by atoms with Crippen LogP contribution in [0, 0.1) is 6.92 Å². The SMILES string of the molecule is Cc1cc(CNCCC2CCCO2)no1. The van der Waals surface area contributed by atoms with Gasteiger partial charge >= 0.3 is 0 Å². The van der Waals surface area contributed by atoms with E-state index in [1.54, 1.807) is 0 Å². The van der Waals surface area contributed by atoms with Crippen LogP contribution in [0.1, 0.15) is 30.7 Å². The highest BCUT2D eigenvalue weighted by molar-refractivity contribution is 5.02. The van der Waals surface area contributed by atoms with Crippen LogP contribution in [0.5, 0.6) is 0 Å². The molecule has 0 spiro atoms. The fourth-order valence-corrected chi connectivity index (χ4v) is 1.85. The zero-order valence-corrected chi connectivity index (χ0v) is 9.16. The average Bonchev–Trinajstić information content (AvgIpc) is 2.84. The predicted octanol–water partition coefficient (Wildman–Crippen LogP) is 1.64. The number of rotatable bonds is 5. The Morgan fingerprint density at radius 2 is 2.53 bits per heavy atom. The first-order chi connectivity index (χ1) is 7.34. The molecule has 4 heteroatoms. The molecule has 84 valence electrons. The zero-order valence-electron chi connectivity index (χ0n) is 9.16. The summed E-state index contributed by atoms with van der Waals surface area (Å²) in [6, 6.07) is 1.96. The molecule has 0 radical (unpaired) electrons. The molecule has 0 aromatic carbocycles. The number of hydrogen-bond acceptors (Lipinski definition) is 4. The molecule has 1 aliphatic rings. The smallest absolute Gasteiger partial charge is 0.133 e. The predicted molar refractivity (Wildman–Crippen MR) is 56.5 cm³/mol. The van der Waals surface area contributed by atoms with E-state index in [2.05, 4.69) is 10.5 Å². The van der Waals surface area contributed by atoms with Crippen LogP contribution in [-0.2, 0) is 11.3 Å². The summed E-state index contributed by atoms with van der Waals surface area (Å²) in [4.78, 5) is 0. The second kappa shape index (κ2) is 5.28. The summed E-state index contributed by atoms with van der Waals surface area (Å²) in [5.41, 5.74) is 0.972. The fraction of sp³-hybridized carbons (Fsp3) is 0.727. The molecule has 1 N–H and O–H groups in total. The minimum Gasteiger partial charge on any atom is -0.378 e. The lowest BCUT2D eigenvalue weighted by Crippen LogP contribution is -2.19. The van der Waals surface area contributed by atoms with Crippen molar-refractivity contribution in [3.8, 4) is 0 Å². The van der Waals surface area contributed by atoms with Crippen molar-refractivity contribution < 1.29 is 9.26 Å². The van der Waals surface area contributed by atoms with Crippen molar-refractivity contribution in [3.05, 3.63) is 17.5 Å². The molecule has 4 nitrogen and oxygen atoms in total. The van der Waals surface area contributed by atoms with Gasteiger partial charge in [0.1, 0.15) is 5.76 Å². The van der Waals surface area contributed by atoms with E-state index in [0.29, 0.717) is 6.10 Å². The van der Waals surface area contributed by atoms with Gasteiger partial charge in [0.2, 0.25) is 0 Å². The Hall–Kier alpha value is -0.870. The molecule has 0 aliphatic carbocycles. The van der Waals surface area contributed by atoms with Gasteiger partial charge in [-0.3, -0.25) is 0 Å². The van der Waals surface area contributed by atoms with Crippen LogP contribution in [0.15, 0.2) is 10.6 Å².